The summed E-state index contributed by atoms with van der Waals surface area (Å²) in [5.41, 5.74) is 1.85. The van der Waals surface area contributed by atoms with Crippen molar-refractivity contribution in [3.8, 4) is 26.9 Å². The Bertz CT molecular complexity index is 892. The second kappa shape index (κ2) is 9.94. The summed E-state index contributed by atoms with van der Waals surface area (Å²) < 4.78 is 5.79. The smallest absolute Gasteiger partial charge is 0.269 e. The van der Waals surface area contributed by atoms with Crippen LogP contribution in [0.5, 0.6) is 5.75 Å². The third-order valence-corrected chi connectivity index (χ3v) is 5.39. The normalized spacial score (nSPS) is 10.8. The summed E-state index contributed by atoms with van der Waals surface area (Å²) in [5.74, 6) is 0.861. The van der Waals surface area contributed by atoms with Crippen molar-refractivity contribution < 1.29 is 9.66 Å². The fourth-order valence-corrected chi connectivity index (χ4v) is 3.63. The lowest BCUT2D eigenvalue weighted by atomic mass is 10.2. The van der Waals surface area contributed by atoms with E-state index in [0.29, 0.717) is 0 Å². The highest BCUT2D eigenvalue weighted by Crippen LogP contribution is 2.31. The van der Waals surface area contributed by atoms with Crippen LogP contribution in [-0.2, 0) is 0 Å². The number of nitro groups is 1. The van der Waals surface area contributed by atoms with Crippen LogP contribution >= 0.6 is 11.3 Å². The van der Waals surface area contributed by atoms with Crippen molar-refractivity contribution in [3.05, 3.63) is 58.6 Å². The van der Waals surface area contributed by atoms with Crippen molar-refractivity contribution in [2.45, 2.75) is 39.0 Å². The summed E-state index contributed by atoms with van der Waals surface area (Å²) in [4.78, 5) is 10.3. The second-order valence-corrected chi connectivity index (χ2v) is 7.48. The van der Waals surface area contributed by atoms with Crippen molar-refractivity contribution in [1.29, 1.82) is 0 Å². The Balaban J connectivity index is 1.58. The lowest BCUT2D eigenvalue weighted by Crippen LogP contribution is -1.97. The Kier molecular flexibility index (Phi) is 7.08. The number of hydrogen-bond acceptors (Lipinski definition) is 6. The Morgan fingerprint density at radius 1 is 0.893 bits per heavy atom. The zero-order chi connectivity index (χ0) is 19.8. The zero-order valence-corrected chi connectivity index (χ0v) is 16.7. The van der Waals surface area contributed by atoms with E-state index in [2.05, 4.69) is 17.1 Å². The Labute approximate surface area is 168 Å². The van der Waals surface area contributed by atoms with Gasteiger partial charge in [-0.05, 0) is 42.8 Å². The Morgan fingerprint density at radius 2 is 1.46 bits per heavy atom. The molecule has 0 unspecified atom stereocenters. The molecule has 1 aromatic heterocycles. The maximum Gasteiger partial charge on any atom is 0.269 e. The minimum absolute atomic E-state index is 0.0643. The van der Waals surface area contributed by atoms with Gasteiger partial charge in [-0.15, -0.1) is 10.2 Å². The van der Waals surface area contributed by atoms with Crippen LogP contribution in [-0.4, -0.2) is 21.7 Å². The van der Waals surface area contributed by atoms with Gasteiger partial charge in [-0.3, -0.25) is 10.1 Å². The molecular weight excluding hydrogens is 374 g/mol. The number of rotatable bonds is 10. The molecule has 2 aromatic carbocycles. The highest BCUT2D eigenvalue weighted by Gasteiger charge is 2.11. The molecule has 0 radical (unpaired) electrons. The predicted molar refractivity (Wildman–Crippen MR) is 112 cm³/mol. The number of ether oxygens (including phenoxy) is 1. The number of benzene rings is 2. The van der Waals surface area contributed by atoms with Crippen molar-refractivity contribution in [2.24, 2.45) is 0 Å². The van der Waals surface area contributed by atoms with E-state index in [0.717, 1.165) is 39.9 Å². The topological polar surface area (TPSA) is 78.2 Å². The van der Waals surface area contributed by atoms with Gasteiger partial charge in [0.05, 0.1) is 11.5 Å². The first-order valence-electron chi connectivity index (χ1n) is 9.49. The third-order valence-electron chi connectivity index (χ3n) is 4.37. The second-order valence-electron chi connectivity index (χ2n) is 6.50. The third kappa shape index (κ3) is 5.36. The molecule has 0 spiro atoms. The molecule has 0 atom stereocenters. The summed E-state index contributed by atoms with van der Waals surface area (Å²) >= 11 is 1.46. The van der Waals surface area contributed by atoms with Crippen molar-refractivity contribution in [3.63, 3.8) is 0 Å². The minimum atomic E-state index is -0.413. The van der Waals surface area contributed by atoms with Crippen LogP contribution in [0.1, 0.15) is 39.0 Å². The maximum atomic E-state index is 10.8. The van der Waals surface area contributed by atoms with Gasteiger partial charge in [0, 0.05) is 23.3 Å². The van der Waals surface area contributed by atoms with Crippen LogP contribution in [0, 0.1) is 10.1 Å². The molecule has 146 valence electrons. The van der Waals surface area contributed by atoms with Crippen molar-refractivity contribution in [1.82, 2.24) is 10.2 Å². The first kappa shape index (κ1) is 19.9. The lowest BCUT2D eigenvalue weighted by molar-refractivity contribution is -0.384. The van der Waals surface area contributed by atoms with Gasteiger partial charge in [-0.1, -0.05) is 43.9 Å². The van der Waals surface area contributed by atoms with Crippen LogP contribution in [0.3, 0.4) is 0 Å². The SMILES string of the molecule is CCCCCCCOc1ccc(-c2nnc(-c3ccc([N+](=O)[O-])cc3)s2)cc1. The number of aromatic nitrogens is 2. The molecule has 0 saturated carbocycles. The largest absolute Gasteiger partial charge is 0.494 e. The average molecular weight is 398 g/mol. The van der Waals surface area contributed by atoms with Gasteiger partial charge in [0.1, 0.15) is 15.8 Å². The Hall–Kier alpha value is -2.80. The minimum Gasteiger partial charge on any atom is -0.494 e. The lowest BCUT2D eigenvalue weighted by Gasteiger charge is -2.06. The summed E-state index contributed by atoms with van der Waals surface area (Å²) in [6.45, 7) is 2.96. The number of non-ortho nitro benzene ring substituents is 1. The molecule has 7 heteroatoms. The molecule has 0 saturated heterocycles. The predicted octanol–water partition coefficient (Wildman–Crippen LogP) is 6.13. The molecule has 0 amide bonds. The zero-order valence-electron chi connectivity index (χ0n) is 15.8. The van der Waals surface area contributed by atoms with Crippen LogP contribution in [0.15, 0.2) is 48.5 Å². The van der Waals surface area contributed by atoms with E-state index in [1.54, 1.807) is 12.1 Å². The highest BCUT2D eigenvalue weighted by molar-refractivity contribution is 7.17. The molecule has 1 heterocycles. The van der Waals surface area contributed by atoms with Gasteiger partial charge in [0.25, 0.3) is 5.69 Å². The molecule has 3 rings (SSSR count). The number of nitrogens with zero attached hydrogens (tertiary/aromatic N) is 3. The highest BCUT2D eigenvalue weighted by atomic mass is 32.1. The fraction of sp³-hybridized carbons (Fsp3) is 0.333. The Morgan fingerprint density at radius 3 is 2.04 bits per heavy atom. The summed E-state index contributed by atoms with van der Waals surface area (Å²) in [7, 11) is 0. The summed E-state index contributed by atoms with van der Waals surface area (Å²) in [6.07, 6.45) is 6.10. The molecule has 0 aliphatic rings. The first-order chi connectivity index (χ1) is 13.7. The maximum absolute atomic E-state index is 10.8. The molecule has 0 N–H and O–H groups in total. The molecular formula is C21H23N3O3S. The number of hydrogen-bond donors (Lipinski definition) is 0. The van der Waals surface area contributed by atoms with E-state index >= 15 is 0 Å². The molecule has 0 aliphatic heterocycles. The van der Waals surface area contributed by atoms with Gasteiger partial charge < -0.3 is 4.74 Å². The quantitative estimate of drug-likeness (QED) is 0.234. The molecule has 0 bridgehead atoms. The van der Waals surface area contributed by atoms with E-state index in [4.69, 9.17) is 4.74 Å². The number of unbranched alkanes of at least 4 members (excludes halogenated alkanes) is 4. The van der Waals surface area contributed by atoms with Gasteiger partial charge in [0.2, 0.25) is 0 Å². The van der Waals surface area contributed by atoms with E-state index < -0.39 is 4.92 Å². The molecule has 3 aromatic rings. The molecule has 0 aliphatic carbocycles. The molecule has 0 fully saturated rings. The van der Waals surface area contributed by atoms with Crippen molar-refractivity contribution >= 4 is 17.0 Å². The van der Waals surface area contributed by atoms with E-state index in [1.165, 1.54) is 49.2 Å². The molecule has 6 nitrogen and oxygen atoms in total. The monoisotopic (exact) mass is 397 g/mol. The van der Waals surface area contributed by atoms with Gasteiger partial charge in [0.15, 0.2) is 0 Å². The van der Waals surface area contributed by atoms with E-state index in [9.17, 15) is 10.1 Å². The van der Waals surface area contributed by atoms with Crippen LogP contribution in [0.2, 0.25) is 0 Å². The van der Waals surface area contributed by atoms with E-state index in [1.807, 2.05) is 24.3 Å². The van der Waals surface area contributed by atoms with Crippen LogP contribution in [0.4, 0.5) is 5.69 Å². The average Bonchev–Trinajstić information content (AvgIpc) is 3.21. The number of nitro benzene ring substituents is 1. The molecule has 28 heavy (non-hydrogen) atoms. The van der Waals surface area contributed by atoms with Gasteiger partial charge in [-0.2, -0.15) is 0 Å². The van der Waals surface area contributed by atoms with Crippen molar-refractivity contribution in [2.75, 3.05) is 6.61 Å². The summed E-state index contributed by atoms with van der Waals surface area (Å²) in [6, 6.07) is 14.2. The summed E-state index contributed by atoms with van der Waals surface area (Å²) in [5, 5.41) is 20.8. The first-order valence-corrected chi connectivity index (χ1v) is 10.3. The fourth-order valence-electron chi connectivity index (χ4n) is 2.77. The van der Waals surface area contributed by atoms with Gasteiger partial charge >= 0.3 is 0 Å². The van der Waals surface area contributed by atoms with E-state index in [-0.39, 0.29) is 5.69 Å². The van der Waals surface area contributed by atoms with Crippen LogP contribution < -0.4 is 4.74 Å². The van der Waals surface area contributed by atoms with Gasteiger partial charge in [-0.25, -0.2) is 0 Å². The standard InChI is InChI=1S/C21H23N3O3S/c1-2-3-4-5-6-15-27-19-13-9-17(10-14-19)21-23-22-20(28-21)16-7-11-18(12-8-16)24(25)26/h7-14H,2-6,15H2,1H3. The van der Waals surface area contributed by atoms with Crippen LogP contribution in [0.25, 0.3) is 21.1 Å².